The average molecular weight is 485 g/mol. The van der Waals surface area contributed by atoms with Crippen molar-refractivity contribution >= 4 is 11.8 Å². The number of rotatable bonds is 5. The first kappa shape index (κ1) is 23.6. The Morgan fingerprint density at radius 2 is 1.94 bits per heavy atom. The number of fused-ring (bicyclic) bond motifs is 2. The van der Waals surface area contributed by atoms with Gasteiger partial charge in [0.25, 0.3) is 0 Å². The van der Waals surface area contributed by atoms with Crippen LogP contribution in [0.3, 0.4) is 0 Å². The molecule has 0 bridgehead atoms. The molecule has 0 N–H and O–H groups in total. The lowest BCUT2D eigenvalue weighted by molar-refractivity contribution is -0.158. The highest BCUT2D eigenvalue weighted by atomic mass is 16.7. The van der Waals surface area contributed by atoms with Gasteiger partial charge in [-0.1, -0.05) is 27.7 Å². The van der Waals surface area contributed by atoms with E-state index < -0.39 is 11.5 Å². The molecule has 1 spiro atoms. The summed E-state index contributed by atoms with van der Waals surface area (Å²) in [5.74, 6) is 1.32. The summed E-state index contributed by atoms with van der Waals surface area (Å²) >= 11 is 0. The van der Waals surface area contributed by atoms with Crippen LogP contribution in [0.2, 0.25) is 0 Å². The third-order valence-electron chi connectivity index (χ3n) is 8.09. The molecule has 2 aliphatic heterocycles. The Balaban J connectivity index is 1.79. The molecule has 0 amide bonds. The summed E-state index contributed by atoms with van der Waals surface area (Å²) in [5, 5.41) is 0. The molecule has 5 rings (SSSR count). The van der Waals surface area contributed by atoms with Crippen molar-refractivity contribution in [3.63, 3.8) is 0 Å². The molecule has 8 heteroatoms. The van der Waals surface area contributed by atoms with Gasteiger partial charge in [-0.25, -0.2) is 0 Å². The zero-order valence-electron chi connectivity index (χ0n) is 21.1. The number of esters is 1. The van der Waals surface area contributed by atoms with Gasteiger partial charge in [-0.05, 0) is 36.5 Å². The fourth-order valence-electron chi connectivity index (χ4n) is 5.59. The lowest BCUT2D eigenvalue weighted by Crippen LogP contribution is -2.46. The van der Waals surface area contributed by atoms with E-state index in [1.54, 1.807) is 0 Å². The Morgan fingerprint density at radius 3 is 2.63 bits per heavy atom. The molecule has 0 saturated heterocycles. The van der Waals surface area contributed by atoms with Crippen LogP contribution in [0.4, 0.5) is 0 Å². The van der Waals surface area contributed by atoms with Gasteiger partial charge in [-0.2, -0.15) is 0 Å². The number of ketones is 1. The van der Waals surface area contributed by atoms with Gasteiger partial charge in [-0.3, -0.25) is 9.59 Å². The first-order chi connectivity index (χ1) is 16.8. The summed E-state index contributed by atoms with van der Waals surface area (Å²) < 4.78 is 35.0. The monoisotopic (exact) mass is 484 g/mol. The molecular weight excluding hydrogens is 452 g/mol. The topological polar surface area (TPSA) is 89.5 Å². The molecule has 188 valence electrons. The van der Waals surface area contributed by atoms with Gasteiger partial charge < -0.3 is 28.4 Å². The maximum Gasteiger partial charge on any atom is 0.309 e. The Bertz CT molecular complexity index is 1150. The average Bonchev–Trinajstić information content (AvgIpc) is 3.48. The minimum atomic E-state index is -1.13. The quantitative estimate of drug-likeness (QED) is 0.570. The van der Waals surface area contributed by atoms with Crippen molar-refractivity contribution < 1.29 is 38.0 Å². The van der Waals surface area contributed by atoms with Crippen molar-refractivity contribution in [1.82, 2.24) is 0 Å². The molecule has 5 unspecified atom stereocenters. The number of hydrogen-bond donors (Lipinski definition) is 0. The third-order valence-corrected chi connectivity index (χ3v) is 8.09. The SMILES string of the molecule is CCC(C)C(=O)OC1c2cc3c(c4c2C2(CO4)C(=O)C(OC)=C(OC)C=C2CC(C)C1C)OCO3. The normalized spacial score (nSPS) is 29.3. The Morgan fingerprint density at radius 1 is 1.17 bits per heavy atom. The third kappa shape index (κ3) is 3.25. The number of carbonyl (C=O) groups excluding carboxylic acids is 2. The Hall–Kier alpha value is -3.16. The van der Waals surface area contributed by atoms with Crippen molar-refractivity contribution in [2.75, 3.05) is 27.6 Å². The molecular formula is C27H32O8. The number of benzene rings is 1. The van der Waals surface area contributed by atoms with Gasteiger partial charge in [0, 0.05) is 17.0 Å². The summed E-state index contributed by atoms with van der Waals surface area (Å²) in [6.07, 6.45) is 2.60. The van der Waals surface area contributed by atoms with Crippen LogP contribution in [0.1, 0.15) is 57.8 Å². The standard InChI is InChI=1S/C27H32O8/c1-7-13(2)26(29)35-21-15(4)14(3)8-16-9-18(30-5)23(31-6)25(28)27(16)11-32-24-20(27)17(21)10-19-22(24)34-12-33-19/h9-10,13-15,21H,7-8,11-12H2,1-6H3. The van der Waals surface area contributed by atoms with Crippen molar-refractivity contribution in [3.8, 4) is 17.2 Å². The van der Waals surface area contributed by atoms with Crippen LogP contribution in [0, 0.1) is 17.8 Å². The van der Waals surface area contributed by atoms with Gasteiger partial charge >= 0.3 is 5.97 Å². The number of methoxy groups -OCH3 is 2. The van der Waals surface area contributed by atoms with E-state index >= 15 is 0 Å². The second-order valence-corrected chi connectivity index (χ2v) is 9.91. The predicted octanol–water partition coefficient (Wildman–Crippen LogP) is 4.37. The molecule has 1 aromatic carbocycles. The molecule has 8 nitrogen and oxygen atoms in total. The van der Waals surface area contributed by atoms with Gasteiger partial charge in [0.2, 0.25) is 24.1 Å². The number of carbonyl (C=O) groups is 2. The second-order valence-electron chi connectivity index (χ2n) is 9.91. The highest BCUT2D eigenvalue weighted by molar-refractivity contribution is 6.08. The lowest BCUT2D eigenvalue weighted by Gasteiger charge is -2.41. The molecule has 4 aliphatic rings. The molecule has 0 aromatic heterocycles. The molecule has 0 saturated carbocycles. The van der Waals surface area contributed by atoms with Crippen molar-refractivity contribution in [1.29, 1.82) is 0 Å². The van der Waals surface area contributed by atoms with Crippen molar-refractivity contribution in [2.24, 2.45) is 17.8 Å². The molecule has 1 aromatic rings. The number of allylic oxidation sites excluding steroid dienone is 2. The maximum atomic E-state index is 14.2. The summed E-state index contributed by atoms with van der Waals surface area (Å²) in [7, 11) is 2.99. The van der Waals surface area contributed by atoms with E-state index in [4.69, 9.17) is 28.4 Å². The highest BCUT2D eigenvalue weighted by Crippen LogP contribution is 2.61. The Labute approximate surface area is 205 Å². The summed E-state index contributed by atoms with van der Waals surface area (Å²) in [6, 6.07) is 1.85. The highest BCUT2D eigenvalue weighted by Gasteiger charge is 2.59. The number of ether oxygens (including phenoxy) is 6. The van der Waals surface area contributed by atoms with Gasteiger partial charge in [0.05, 0.1) is 20.1 Å². The first-order valence-corrected chi connectivity index (χ1v) is 12.2. The van der Waals surface area contributed by atoms with Crippen LogP contribution in [0.5, 0.6) is 17.2 Å². The van der Waals surface area contributed by atoms with E-state index in [9.17, 15) is 9.59 Å². The first-order valence-electron chi connectivity index (χ1n) is 12.2. The smallest absolute Gasteiger partial charge is 0.309 e. The van der Waals surface area contributed by atoms with E-state index in [-0.39, 0.29) is 48.7 Å². The zero-order valence-corrected chi connectivity index (χ0v) is 21.1. The largest absolute Gasteiger partial charge is 0.493 e. The van der Waals surface area contributed by atoms with Crippen molar-refractivity contribution in [3.05, 3.63) is 40.4 Å². The van der Waals surface area contributed by atoms with Crippen LogP contribution in [-0.2, 0) is 29.2 Å². The van der Waals surface area contributed by atoms with Crippen LogP contribution in [0.15, 0.2) is 29.2 Å². The van der Waals surface area contributed by atoms with E-state index in [0.29, 0.717) is 47.0 Å². The fourth-order valence-corrected chi connectivity index (χ4v) is 5.59. The molecule has 0 radical (unpaired) electrons. The van der Waals surface area contributed by atoms with Crippen molar-refractivity contribution in [2.45, 2.75) is 52.1 Å². The molecule has 2 aliphatic carbocycles. The number of Topliss-reactive ketones (excluding diaryl/α,β-unsaturated/α-hetero) is 1. The molecule has 2 heterocycles. The summed E-state index contributed by atoms with van der Waals surface area (Å²) in [4.78, 5) is 27.2. The summed E-state index contributed by atoms with van der Waals surface area (Å²) in [6.45, 7) is 8.17. The van der Waals surface area contributed by atoms with Crippen LogP contribution in [-0.4, -0.2) is 39.4 Å². The van der Waals surface area contributed by atoms with E-state index in [1.807, 2.05) is 26.0 Å². The lowest BCUT2D eigenvalue weighted by atomic mass is 9.62. The zero-order chi connectivity index (χ0) is 25.1. The van der Waals surface area contributed by atoms with Gasteiger partial charge in [-0.15, -0.1) is 0 Å². The van der Waals surface area contributed by atoms with E-state index in [1.165, 1.54) is 14.2 Å². The van der Waals surface area contributed by atoms with E-state index in [0.717, 1.165) is 5.57 Å². The maximum absolute atomic E-state index is 14.2. The van der Waals surface area contributed by atoms with Gasteiger partial charge in [0.15, 0.2) is 17.3 Å². The molecule has 35 heavy (non-hydrogen) atoms. The summed E-state index contributed by atoms with van der Waals surface area (Å²) in [5.41, 5.74) is 1.15. The van der Waals surface area contributed by atoms with E-state index in [2.05, 4.69) is 13.8 Å². The van der Waals surface area contributed by atoms with Crippen LogP contribution >= 0.6 is 0 Å². The van der Waals surface area contributed by atoms with Gasteiger partial charge in [0.1, 0.15) is 18.1 Å². The minimum absolute atomic E-state index is 0.0409. The Kier molecular flexibility index (Phi) is 5.73. The molecule has 5 atom stereocenters. The fraction of sp³-hybridized carbons (Fsp3) is 0.556. The van der Waals surface area contributed by atoms with Crippen LogP contribution < -0.4 is 14.2 Å². The minimum Gasteiger partial charge on any atom is -0.493 e. The second kappa shape index (κ2) is 8.50. The van der Waals surface area contributed by atoms with Crippen LogP contribution in [0.25, 0.3) is 0 Å². The number of hydrogen-bond acceptors (Lipinski definition) is 8. The predicted molar refractivity (Wildman–Crippen MR) is 125 cm³/mol. The molecule has 0 fully saturated rings.